The molecule has 3 aliphatic rings. The number of nitrogens with one attached hydrogen (secondary N) is 1. The number of carbonyl (C=O) groups is 3. The van der Waals surface area contributed by atoms with Crippen LogP contribution in [0.5, 0.6) is 5.75 Å². The van der Waals surface area contributed by atoms with Crippen molar-refractivity contribution in [2.75, 3.05) is 18.5 Å². The minimum absolute atomic E-state index is 0.0269. The molecule has 0 saturated heterocycles. The third kappa shape index (κ3) is 3.38. The maximum atomic E-state index is 12.3. The summed E-state index contributed by atoms with van der Waals surface area (Å²) in [5, 5.41) is 2.66. The first-order valence-electron chi connectivity index (χ1n) is 8.84. The molecule has 1 N–H and O–H groups in total. The molecule has 0 spiro atoms. The molecule has 2 saturated carbocycles. The molecular formula is C19H21NO5. The number of carbonyl (C=O) groups excluding carboxylic acids is 3. The molecule has 1 aromatic rings. The molecule has 132 valence electrons. The molecule has 1 aliphatic heterocycles. The molecule has 3 atom stereocenters. The maximum Gasteiger partial charge on any atom is 0.306 e. The van der Waals surface area contributed by atoms with E-state index < -0.39 is 0 Å². The number of ketones is 1. The van der Waals surface area contributed by atoms with Crippen LogP contribution in [0, 0.1) is 17.8 Å². The van der Waals surface area contributed by atoms with E-state index in [4.69, 9.17) is 9.47 Å². The smallest absolute Gasteiger partial charge is 0.306 e. The number of benzene rings is 1. The van der Waals surface area contributed by atoms with Crippen LogP contribution in [0.4, 0.5) is 5.69 Å². The van der Waals surface area contributed by atoms with Crippen molar-refractivity contribution in [1.29, 1.82) is 0 Å². The topological polar surface area (TPSA) is 81.7 Å². The first-order chi connectivity index (χ1) is 12.1. The van der Waals surface area contributed by atoms with Gasteiger partial charge in [-0.25, -0.2) is 0 Å². The Bertz CT molecular complexity index is 729. The summed E-state index contributed by atoms with van der Waals surface area (Å²) in [5.41, 5.74) is 0.854. The van der Waals surface area contributed by atoms with Gasteiger partial charge < -0.3 is 14.8 Å². The van der Waals surface area contributed by atoms with Crippen molar-refractivity contribution in [2.45, 2.75) is 32.1 Å². The van der Waals surface area contributed by atoms with Crippen LogP contribution < -0.4 is 10.1 Å². The Hall–Kier alpha value is -2.37. The molecule has 1 aromatic carbocycles. The molecule has 0 radical (unpaired) electrons. The molecule has 0 unspecified atom stereocenters. The van der Waals surface area contributed by atoms with Gasteiger partial charge in [-0.3, -0.25) is 14.4 Å². The molecule has 0 aromatic heterocycles. The van der Waals surface area contributed by atoms with E-state index in [0.717, 1.165) is 12.3 Å². The molecule has 2 bridgehead atoms. The van der Waals surface area contributed by atoms with Gasteiger partial charge in [0.25, 0.3) is 5.91 Å². The largest absolute Gasteiger partial charge is 0.482 e. The summed E-state index contributed by atoms with van der Waals surface area (Å²) in [6, 6.07) is 4.81. The van der Waals surface area contributed by atoms with E-state index in [0.29, 0.717) is 35.3 Å². The lowest BCUT2D eigenvalue weighted by molar-refractivity contribution is -0.144. The first-order valence-corrected chi connectivity index (χ1v) is 8.84. The predicted octanol–water partition coefficient (Wildman–Crippen LogP) is 2.57. The van der Waals surface area contributed by atoms with Gasteiger partial charge in [0.2, 0.25) is 0 Å². The zero-order valence-electron chi connectivity index (χ0n) is 14.0. The fourth-order valence-electron chi connectivity index (χ4n) is 4.39. The number of ether oxygens (including phenoxy) is 2. The molecule has 2 fully saturated rings. The highest BCUT2D eigenvalue weighted by Gasteiger charge is 2.40. The van der Waals surface area contributed by atoms with Crippen LogP contribution in [-0.2, 0) is 14.3 Å². The number of anilines is 1. The van der Waals surface area contributed by atoms with Crippen LogP contribution in [-0.4, -0.2) is 30.9 Å². The van der Waals surface area contributed by atoms with E-state index in [1.807, 2.05) is 0 Å². The van der Waals surface area contributed by atoms with Gasteiger partial charge in [-0.15, -0.1) is 0 Å². The lowest BCUT2D eigenvalue weighted by Gasteiger charge is -2.20. The van der Waals surface area contributed by atoms with Crippen LogP contribution in [0.2, 0.25) is 0 Å². The van der Waals surface area contributed by atoms with Gasteiger partial charge in [-0.2, -0.15) is 0 Å². The van der Waals surface area contributed by atoms with Crippen molar-refractivity contribution >= 4 is 23.3 Å². The number of hydrogen-bond acceptors (Lipinski definition) is 5. The first kappa shape index (κ1) is 16.1. The number of rotatable bonds is 5. The zero-order chi connectivity index (χ0) is 17.4. The van der Waals surface area contributed by atoms with Gasteiger partial charge in [0.05, 0.1) is 5.69 Å². The number of Topliss-reactive ketones (excluding diaryl/α,β-unsaturated/α-hetero) is 1. The Labute approximate surface area is 145 Å². The second kappa shape index (κ2) is 6.50. The fraction of sp³-hybridized carbons (Fsp3) is 0.526. The highest BCUT2D eigenvalue weighted by atomic mass is 16.5. The fourth-order valence-corrected chi connectivity index (χ4v) is 4.39. The van der Waals surface area contributed by atoms with Crippen molar-refractivity contribution in [3.05, 3.63) is 23.8 Å². The number of fused-ring (bicyclic) bond motifs is 3. The Morgan fingerprint density at radius 2 is 2.12 bits per heavy atom. The highest BCUT2D eigenvalue weighted by molar-refractivity contribution is 6.01. The summed E-state index contributed by atoms with van der Waals surface area (Å²) < 4.78 is 10.4. The van der Waals surface area contributed by atoms with Crippen LogP contribution in [0.3, 0.4) is 0 Å². The summed E-state index contributed by atoms with van der Waals surface area (Å²) in [6.45, 7) is -0.297. The summed E-state index contributed by atoms with van der Waals surface area (Å²) >= 11 is 0. The SMILES string of the molecule is O=C1COc2ccc(C(=O)COC(=O)C[C@@H]3C[C@@H]4CC[C@@H]3C4)cc2N1. The van der Waals surface area contributed by atoms with Gasteiger partial charge in [0.15, 0.2) is 19.0 Å². The Balaban J connectivity index is 1.31. The van der Waals surface area contributed by atoms with Crippen molar-refractivity contribution in [1.82, 2.24) is 0 Å². The molecule has 1 heterocycles. The molecule has 6 nitrogen and oxygen atoms in total. The highest BCUT2D eigenvalue weighted by Crippen LogP contribution is 2.49. The van der Waals surface area contributed by atoms with Crippen molar-refractivity contribution in [3.8, 4) is 5.75 Å². The van der Waals surface area contributed by atoms with E-state index in [2.05, 4.69) is 5.32 Å². The predicted molar refractivity (Wildman–Crippen MR) is 89.4 cm³/mol. The third-order valence-corrected chi connectivity index (χ3v) is 5.61. The van der Waals surface area contributed by atoms with E-state index in [1.54, 1.807) is 18.2 Å². The molecule has 1 amide bonds. The van der Waals surface area contributed by atoms with Gasteiger partial charge >= 0.3 is 5.97 Å². The minimum atomic E-state index is -0.291. The van der Waals surface area contributed by atoms with Gasteiger partial charge in [0.1, 0.15) is 5.75 Å². The third-order valence-electron chi connectivity index (χ3n) is 5.61. The van der Waals surface area contributed by atoms with Crippen LogP contribution in [0.25, 0.3) is 0 Å². The average molecular weight is 343 g/mol. The quantitative estimate of drug-likeness (QED) is 0.656. The Morgan fingerprint density at radius 3 is 2.88 bits per heavy atom. The molecular weight excluding hydrogens is 322 g/mol. The van der Waals surface area contributed by atoms with E-state index in [1.165, 1.54) is 19.3 Å². The van der Waals surface area contributed by atoms with Crippen LogP contribution >= 0.6 is 0 Å². The monoisotopic (exact) mass is 343 g/mol. The molecule has 6 heteroatoms. The Kier molecular flexibility index (Phi) is 4.19. The number of esters is 1. The molecule has 2 aliphatic carbocycles. The lowest BCUT2D eigenvalue weighted by Crippen LogP contribution is -2.25. The second-order valence-corrected chi connectivity index (χ2v) is 7.27. The number of hydrogen-bond donors (Lipinski definition) is 1. The maximum absolute atomic E-state index is 12.3. The van der Waals surface area contributed by atoms with Gasteiger partial charge in [-0.1, -0.05) is 6.42 Å². The van der Waals surface area contributed by atoms with Gasteiger partial charge in [-0.05, 0) is 55.2 Å². The van der Waals surface area contributed by atoms with Crippen molar-refractivity contribution in [3.63, 3.8) is 0 Å². The molecule has 4 rings (SSSR count). The summed E-state index contributed by atoms with van der Waals surface area (Å²) in [6.07, 6.45) is 5.32. The standard InChI is InChI=1S/C19H21NO5/c21-16(13-3-4-17-15(7-13)20-18(22)10-24-17)9-25-19(23)8-14-6-11-1-2-12(14)5-11/h3-4,7,11-12,14H,1-2,5-6,8-10H2,(H,20,22)/t11-,12-,14+/m1/s1. The van der Waals surface area contributed by atoms with Crippen LogP contribution in [0.1, 0.15) is 42.5 Å². The molecule has 25 heavy (non-hydrogen) atoms. The van der Waals surface area contributed by atoms with Gasteiger partial charge in [0, 0.05) is 12.0 Å². The lowest BCUT2D eigenvalue weighted by atomic mass is 9.86. The van der Waals surface area contributed by atoms with Crippen molar-refractivity contribution in [2.24, 2.45) is 17.8 Å². The summed E-state index contributed by atoms with van der Waals surface area (Å²) in [5.74, 6) is 1.58. The zero-order valence-corrected chi connectivity index (χ0v) is 14.0. The normalized spacial score (nSPS) is 26.6. The number of amides is 1. The minimum Gasteiger partial charge on any atom is -0.482 e. The van der Waals surface area contributed by atoms with E-state index in [9.17, 15) is 14.4 Å². The van der Waals surface area contributed by atoms with Crippen molar-refractivity contribution < 1.29 is 23.9 Å². The average Bonchev–Trinajstić information content (AvgIpc) is 3.22. The van der Waals surface area contributed by atoms with E-state index in [-0.39, 0.29) is 30.9 Å². The van der Waals surface area contributed by atoms with E-state index >= 15 is 0 Å². The summed E-state index contributed by atoms with van der Waals surface area (Å²) in [7, 11) is 0. The van der Waals surface area contributed by atoms with Crippen LogP contribution in [0.15, 0.2) is 18.2 Å². The Morgan fingerprint density at radius 1 is 1.24 bits per heavy atom. The second-order valence-electron chi connectivity index (χ2n) is 7.27. The summed E-state index contributed by atoms with van der Waals surface area (Å²) in [4.78, 5) is 35.6.